The normalized spacial score (nSPS) is 12.4. The lowest BCUT2D eigenvalue weighted by Gasteiger charge is -2.12. The zero-order valence-corrected chi connectivity index (χ0v) is 23.5. The molecule has 202 valence electrons. The van der Waals surface area contributed by atoms with Crippen LogP contribution in [0.4, 0.5) is 0 Å². The fraction of sp³-hybridized carbons (Fsp3) is 0.206. The number of allylic oxidation sites excluding steroid dienone is 3. The Morgan fingerprint density at radius 1 is 1.05 bits per heavy atom. The number of aliphatic carboxylic acids is 1. The third-order valence-corrected chi connectivity index (χ3v) is 7.31. The van der Waals surface area contributed by atoms with E-state index in [1.807, 2.05) is 30.3 Å². The molecule has 0 radical (unpaired) electrons. The molecule has 40 heavy (non-hydrogen) atoms. The molecule has 0 bridgehead atoms. The van der Waals surface area contributed by atoms with Crippen molar-refractivity contribution in [3.8, 4) is 11.4 Å². The second-order valence-electron chi connectivity index (χ2n) is 10.0. The molecule has 0 aliphatic heterocycles. The Balaban J connectivity index is 1.59. The van der Waals surface area contributed by atoms with Crippen molar-refractivity contribution in [3.05, 3.63) is 114 Å². The lowest BCUT2D eigenvalue weighted by molar-refractivity contribution is -0.132. The van der Waals surface area contributed by atoms with E-state index in [4.69, 9.17) is 9.97 Å². The van der Waals surface area contributed by atoms with E-state index in [2.05, 4.69) is 66.9 Å². The van der Waals surface area contributed by atoms with Crippen molar-refractivity contribution < 1.29 is 9.90 Å². The number of carbonyl (C=O) groups is 1. The standard InChI is InChI=1S/C34H34N4O2/c1-6-11-27(34(39)40)26(8-3)24-17-15-23(16-18-24)21-38-30-20-25(19-22(4)32(30)36-31(38)12-7-2)33-35-28-13-9-10-14-29(28)37(33)5/h6,8-11,13-20H,3,7,12,21H2,1-2,4-5H3,(H,39,40)/b11-6-,27-26-. The summed E-state index contributed by atoms with van der Waals surface area (Å²) in [6.07, 6.45) is 6.81. The van der Waals surface area contributed by atoms with Gasteiger partial charge in [0.15, 0.2) is 0 Å². The van der Waals surface area contributed by atoms with Crippen LogP contribution in [0.5, 0.6) is 0 Å². The van der Waals surface area contributed by atoms with Crippen LogP contribution in [0.2, 0.25) is 0 Å². The summed E-state index contributed by atoms with van der Waals surface area (Å²) < 4.78 is 4.45. The zero-order chi connectivity index (χ0) is 28.4. The summed E-state index contributed by atoms with van der Waals surface area (Å²) >= 11 is 0. The van der Waals surface area contributed by atoms with Gasteiger partial charge in [0.2, 0.25) is 0 Å². The van der Waals surface area contributed by atoms with Gasteiger partial charge in [0.1, 0.15) is 11.6 Å². The lowest BCUT2D eigenvalue weighted by atomic mass is 9.98. The van der Waals surface area contributed by atoms with Crippen LogP contribution in [0.15, 0.2) is 91.0 Å². The molecular formula is C34H34N4O2. The molecule has 2 heterocycles. The lowest BCUT2D eigenvalue weighted by Crippen LogP contribution is -2.06. The predicted molar refractivity (Wildman–Crippen MR) is 163 cm³/mol. The molecule has 6 nitrogen and oxygen atoms in total. The highest BCUT2D eigenvalue weighted by molar-refractivity contribution is 6.01. The number of aryl methyl sites for hydroxylation is 3. The minimum atomic E-state index is -0.974. The molecule has 1 N–H and O–H groups in total. The molecule has 2 aromatic heterocycles. The second-order valence-corrected chi connectivity index (χ2v) is 10.0. The van der Waals surface area contributed by atoms with Gasteiger partial charge in [0.05, 0.1) is 27.6 Å². The molecule has 0 saturated carbocycles. The van der Waals surface area contributed by atoms with E-state index in [9.17, 15) is 9.90 Å². The molecule has 0 atom stereocenters. The Bertz CT molecular complexity index is 1800. The first-order chi connectivity index (χ1) is 19.4. The van der Waals surface area contributed by atoms with E-state index >= 15 is 0 Å². The Labute approximate surface area is 234 Å². The van der Waals surface area contributed by atoms with Gasteiger partial charge in [-0.25, -0.2) is 14.8 Å². The molecule has 5 rings (SSSR count). The van der Waals surface area contributed by atoms with E-state index in [1.165, 1.54) is 0 Å². The van der Waals surface area contributed by atoms with Crippen molar-refractivity contribution in [1.29, 1.82) is 0 Å². The molecule has 6 heteroatoms. The molecule has 0 amide bonds. The molecule has 0 unspecified atom stereocenters. The predicted octanol–water partition coefficient (Wildman–Crippen LogP) is 7.50. The van der Waals surface area contributed by atoms with E-state index < -0.39 is 5.97 Å². The van der Waals surface area contributed by atoms with Gasteiger partial charge < -0.3 is 14.2 Å². The Kier molecular flexibility index (Phi) is 7.52. The third kappa shape index (κ3) is 4.89. The second kappa shape index (κ2) is 11.2. The van der Waals surface area contributed by atoms with Crippen molar-refractivity contribution in [2.24, 2.45) is 7.05 Å². The van der Waals surface area contributed by atoms with Crippen molar-refractivity contribution in [1.82, 2.24) is 19.1 Å². The van der Waals surface area contributed by atoms with Crippen molar-refractivity contribution >= 4 is 33.6 Å². The van der Waals surface area contributed by atoms with E-state index in [0.717, 1.165) is 68.8 Å². The first-order valence-electron chi connectivity index (χ1n) is 13.6. The van der Waals surface area contributed by atoms with Crippen molar-refractivity contribution in [2.45, 2.75) is 40.2 Å². The number of rotatable bonds is 9. The summed E-state index contributed by atoms with van der Waals surface area (Å²) in [6, 6.07) is 20.6. The van der Waals surface area contributed by atoms with Gasteiger partial charge in [-0.1, -0.05) is 68.1 Å². The van der Waals surface area contributed by atoms with Gasteiger partial charge in [0, 0.05) is 25.6 Å². The SMILES string of the molecule is C=C/C(=C(\C=C/C)C(=O)O)c1ccc(Cn2c(CCC)nc3c(C)cc(-c4nc5ccccc5n4C)cc32)cc1. The zero-order valence-electron chi connectivity index (χ0n) is 23.5. The maximum atomic E-state index is 11.8. The minimum Gasteiger partial charge on any atom is -0.478 e. The first-order valence-corrected chi connectivity index (χ1v) is 13.6. The van der Waals surface area contributed by atoms with Gasteiger partial charge in [0.25, 0.3) is 0 Å². The van der Waals surface area contributed by atoms with Crippen LogP contribution in [0, 0.1) is 6.92 Å². The summed E-state index contributed by atoms with van der Waals surface area (Å²) in [4.78, 5) is 21.8. The summed E-state index contributed by atoms with van der Waals surface area (Å²) in [5.74, 6) is 1.01. The summed E-state index contributed by atoms with van der Waals surface area (Å²) in [6.45, 7) is 10.6. The number of nitrogens with zero attached hydrogens (tertiary/aromatic N) is 4. The molecule has 5 aromatic rings. The van der Waals surface area contributed by atoms with Crippen LogP contribution in [0.25, 0.3) is 39.0 Å². The highest BCUT2D eigenvalue weighted by atomic mass is 16.4. The number of hydrogen-bond acceptors (Lipinski definition) is 3. The number of imidazole rings is 2. The minimum absolute atomic E-state index is 0.223. The smallest absolute Gasteiger partial charge is 0.336 e. The quantitative estimate of drug-likeness (QED) is 0.158. The number of aromatic nitrogens is 4. The molecule has 3 aromatic carbocycles. The summed E-state index contributed by atoms with van der Waals surface area (Å²) in [7, 11) is 2.06. The van der Waals surface area contributed by atoms with Crippen molar-refractivity contribution in [3.63, 3.8) is 0 Å². The van der Waals surface area contributed by atoms with Gasteiger partial charge >= 0.3 is 5.97 Å². The largest absolute Gasteiger partial charge is 0.478 e. The fourth-order valence-electron chi connectivity index (χ4n) is 5.36. The van der Waals surface area contributed by atoms with Crippen LogP contribution in [-0.2, 0) is 24.8 Å². The topological polar surface area (TPSA) is 72.9 Å². The number of hydrogen-bond donors (Lipinski definition) is 1. The van der Waals surface area contributed by atoms with Gasteiger partial charge in [-0.3, -0.25) is 0 Å². The number of benzene rings is 3. The number of carboxylic acid groups (broad SMARTS) is 1. The highest BCUT2D eigenvalue weighted by Gasteiger charge is 2.17. The average molecular weight is 531 g/mol. The van der Waals surface area contributed by atoms with E-state index in [0.29, 0.717) is 12.1 Å². The van der Waals surface area contributed by atoms with Crippen LogP contribution in [0.1, 0.15) is 42.8 Å². The Hall–Kier alpha value is -4.71. The molecular weight excluding hydrogens is 496 g/mol. The van der Waals surface area contributed by atoms with E-state index in [-0.39, 0.29) is 5.57 Å². The monoisotopic (exact) mass is 530 g/mol. The van der Waals surface area contributed by atoms with Gasteiger partial charge in [-0.2, -0.15) is 0 Å². The number of para-hydroxylation sites is 2. The fourth-order valence-corrected chi connectivity index (χ4v) is 5.36. The van der Waals surface area contributed by atoms with Crippen LogP contribution >= 0.6 is 0 Å². The van der Waals surface area contributed by atoms with Gasteiger partial charge in [-0.15, -0.1) is 0 Å². The molecule has 0 fully saturated rings. The van der Waals surface area contributed by atoms with Gasteiger partial charge in [-0.05, 0) is 66.8 Å². The third-order valence-electron chi connectivity index (χ3n) is 7.31. The molecule has 0 saturated heterocycles. The molecule has 0 spiro atoms. The maximum Gasteiger partial charge on any atom is 0.336 e. The summed E-state index contributed by atoms with van der Waals surface area (Å²) in [5, 5.41) is 9.69. The average Bonchev–Trinajstić information content (AvgIpc) is 3.47. The van der Waals surface area contributed by atoms with Crippen molar-refractivity contribution in [2.75, 3.05) is 0 Å². The molecule has 0 aliphatic rings. The molecule has 0 aliphatic carbocycles. The Morgan fingerprint density at radius 3 is 2.45 bits per heavy atom. The number of carboxylic acids is 1. The van der Waals surface area contributed by atoms with Crippen LogP contribution in [-0.4, -0.2) is 30.2 Å². The first kappa shape index (κ1) is 26.9. The maximum absolute atomic E-state index is 11.8. The highest BCUT2D eigenvalue weighted by Crippen LogP contribution is 2.31. The Morgan fingerprint density at radius 2 is 1.80 bits per heavy atom. The summed E-state index contributed by atoms with van der Waals surface area (Å²) in [5.41, 5.74) is 9.11. The van der Waals surface area contributed by atoms with Crippen LogP contribution < -0.4 is 0 Å². The van der Waals surface area contributed by atoms with Crippen LogP contribution in [0.3, 0.4) is 0 Å². The number of fused-ring (bicyclic) bond motifs is 2. The van der Waals surface area contributed by atoms with E-state index in [1.54, 1.807) is 25.2 Å².